The Morgan fingerprint density at radius 1 is 1.15 bits per heavy atom. The van der Waals surface area contributed by atoms with Gasteiger partial charge in [-0.25, -0.2) is 0 Å². The maximum Gasteiger partial charge on any atom is 0.225 e. The minimum Gasteiger partial charge on any atom is -0.491 e. The van der Waals surface area contributed by atoms with Crippen molar-refractivity contribution in [2.45, 2.75) is 39.5 Å². The number of hydrogen-bond acceptors (Lipinski definition) is 3. The van der Waals surface area contributed by atoms with Gasteiger partial charge in [-0.2, -0.15) is 0 Å². The molecule has 0 bridgehead atoms. The number of carbonyl (C=O) groups is 2. The number of nitrogens with one attached hydrogen (secondary N) is 1. The summed E-state index contributed by atoms with van der Waals surface area (Å²) < 4.78 is 5.79. The Balaban J connectivity index is 1.56. The second kappa shape index (κ2) is 8.71. The summed E-state index contributed by atoms with van der Waals surface area (Å²) in [7, 11) is 0. The van der Waals surface area contributed by atoms with Crippen LogP contribution in [0.1, 0.15) is 31.4 Å². The van der Waals surface area contributed by atoms with E-state index in [2.05, 4.69) is 5.32 Å². The van der Waals surface area contributed by atoms with Crippen molar-refractivity contribution in [1.29, 1.82) is 0 Å². The quantitative estimate of drug-likeness (QED) is 0.819. The van der Waals surface area contributed by atoms with Crippen molar-refractivity contribution >= 4 is 11.8 Å². The zero-order chi connectivity index (χ0) is 19.2. The first-order valence-electron chi connectivity index (χ1n) is 9.37. The van der Waals surface area contributed by atoms with E-state index < -0.39 is 0 Å². The molecule has 27 heavy (non-hydrogen) atoms. The molecule has 1 aliphatic heterocycles. The van der Waals surface area contributed by atoms with E-state index in [0.717, 1.165) is 16.9 Å². The number of likely N-dealkylation sites (tertiary alicyclic amines) is 1. The van der Waals surface area contributed by atoms with Crippen LogP contribution in [0.25, 0.3) is 0 Å². The van der Waals surface area contributed by atoms with Gasteiger partial charge in [0.25, 0.3) is 0 Å². The van der Waals surface area contributed by atoms with Crippen molar-refractivity contribution in [3.8, 4) is 5.75 Å². The van der Waals surface area contributed by atoms with Crippen LogP contribution in [0.3, 0.4) is 0 Å². The molecule has 0 aliphatic carbocycles. The Kier molecular flexibility index (Phi) is 6.12. The van der Waals surface area contributed by atoms with Gasteiger partial charge in [0.15, 0.2) is 0 Å². The van der Waals surface area contributed by atoms with Crippen LogP contribution < -0.4 is 10.1 Å². The fraction of sp³-hybridized carbons (Fsp3) is 0.364. The molecule has 1 atom stereocenters. The van der Waals surface area contributed by atoms with Gasteiger partial charge in [-0.15, -0.1) is 0 Å². The summed E-state index contributed by atoms with van der Waals surface area (Å²) in [6, 6.07) is 17.5. The topological polar surface area (TPSA) is 58.6 Å². The normalized spacial score (nSPS) is 16.6. The van der Waals surface area contributed by atoms with Crippen molar-refractivity contribution in [2.24, 2.45) is 5.92 Å². The van der Waals surface area contributed by atoms with Crippen LogP contribution in [0.2, 0.25) is 0 Å². The van der Waals surface area contributed by atoms with Gasteiger partial charge in [-0.3, -0.25) is 9.59 Å². The largest absolute Gasteiger partial charge is 0.491 e. The van der Waals surface area contributed by atoms with Gasteiger partial charge in [0.2, 0.25) is 11.8 Å². The molecule has 2 aromatic rings. The third-order valence-electron chi connectivity index (χ3n) is 4.59. The zero-order valence-electron chi connectivity index (χ0n) is 15.9. The molecule has 0 unspecified atom stereocenters. The standard InChI is InChI=1S/C22H26N2O3/c1-16(2)27-20-11-7-6-10-18(20)13-23-22(26)19-12-21(25)24(15-19)14-17-8-4-3-5-9-17/h3-11,16,19H,12-15H2,1-2H3,(H,23,26)/t19-/m0/s1. The van der Waals surface area contributed by atoms with Gasteiger partial charge >= 0.3 is 0 Å². The maximum atomic E-state index is 12.6. The lowest BCUT2D eigenvalue weighted by molar-refractivity contribution is -0.129. The maximum absolute atomic E-state index is 12.6. The lowest BCUT2D eigenvalue weighted by Crippen LogP contribution is -2.32. The van der Waals surface area contributed by atoms with Gasteiger partial charge in [0.1, 0.15) is 5.75 Å². The minimum atomic E-state index is -0.306. The number of rotatable bonds is 7. The smallest absolute Gasteiger partial charge is 0.225 e. The molecule has 5 nitrogen and oxygen atoms in total. The number of ether oxygens (including phenoxy) is 1. The highest BCUT2D eigenvalue weighted by atomic mass is 16.5. The Hall–Kier alpha value is -2.82. The first-order valence-corrected chi connectivity index (χ1v) is 9.37. The fourth-order valence-corrected chi connectivity index (χ4v) is 3.25. The molecule has 3 rings (SSSR count). The van der Waals surface area contributed by atoms with Crippen molar-refractivity contribution in [2.75, 3.05) is 6.54 Å². The lowest BCUT2D eigenvalue weighted by Gasteiger charge is -2.17. The van der Waals surface area contributed by atoms with E-state index in [-0.39, 0.29) is 30.3 Å². The van der Waals surface area contributed by atoms with Gasteiger partial charge in [0, 0.05) is 31.6 Å². The van der Waals surface area contributed by atoms with Crippen LogP contribution in [0.4, 0.5) is 0 Å². The van der Waals surface area contributed by atoms with E-state index in [1.807, 2.05) is 68.4 Å². The summed E-state index contributed by atoms with van der Waals surface area (Å²) >= 11 is 0. The van der Waals surface area contributed by atoms with Crippen molar-refractivity contribution in [3.63, 3.8) is 0 Å². The van der Waals surface area contributed by atoms with Crippen molar-refractivity contribution in [1.82, 2.24) is 10.2 Å². The monoisotopic (exact) mass is 366 g/mol. The Morgan fingerprint density at radius 3 is 2.59 bits per heavy atom. The van der Waals surface area contributed by atoms with Gasteiger partial charge in [-0.05, 0) is 25.5 Å². The van der Waals surface area contributed by atoms with Crippen LogP contribution in [0.5, 0.6) is 5.75 Å². The van der Waals surface area contributed by atoms with E-state index in [1.165, 1.54) is 0 Å². The third-order valence-corrected chi connectivity index (χ3v) is 4.59. The molecule has 2 aromatic carbocycles. The van der Waals surface area contributed by atoms with Crippen LogP contribution in [0.15, 0.2) is 54.6 Å². The van der Waals surface area contributed by atoms with E-state index in [4.69, 9.17) is 4.74 Å². The van der Waals surface area contributed by atoms with Crippen LogP contribution in [0, 0.1) is 5.92 Å². The first-order chi connectivity index (χ1) is 13.0. The average Bonchev–Trinajstić information content (AvgIpc) is 3.02. The molecule has 1 saturated heterocycles. The summed E-state index contributed by atoms with van der Waals surface area (Å²) in [4.78, 5) is 26.6. The minimum absolute atomic E-state index is 0.0301. The SMILES string of the molecule is CC(C)Oc1ccccc1CNC(=O)[C@H]1CC(=O)N(Cc2ccccc2)C1. The highest BCUT2D eigenvalue weighted by Gasteiger charge is 2.34. The molecule has 2 amide bonds. The third kappa shape index (κ3) is 5.09. The highest BCUT2D eigenvalue weighted by Crippen LogP contribution is 2.22. The summed E-state index contributed by atoms with van der Waals surface area (Å²) in [5, 5.41) is 2.96. The molecule has 0 radical (unpaired) electrons. The van der Waals surface area contributed by atoms with E-state index in [1.54, 1.807) is 4.90 Å². The molecular formula is C22H26N2O3. The number of hydrogen-bond donors (Lipinski definition) is 1. The molecule has 0 saturated carbocycles. The first kappa shape index (κ1) is 19.0. The lowest BCUT2D eigenvalue weighted by atomic mass is 10.1. The molecule has 0 aromatic heterocycles. The number of benzene rings is 2. The predicted molar refractivity (Wildman–Crippen MR) is 104 cm³/mol. The Labute approximate surface area is 160 Å². The van der Waals surface area contributed by atoms with E-state index in [9.17, 15) is 9.59 Å². The molecule has 5 heteroatoms. The zero-order valence-corrected chi connectivity index (χ0v) is 15.9. The molecule has 0 spiro atoms. The van der Waals surface area contributed by atoms with Crippen molar-refractivity contribution < 1.29 is 14.3 Å². The summed E-state index contributed by atoms with van der Waals surface area (Å²) in [6.07, 6.45) is 0.337. The van der Waals surface area contributed by atoms with Crippen LogP contribution >= 0.6 is 0 Å². The van der Waals surface area contributed by atoms with Gasteiger partial charge in [-0.1, -0.05) is 48.5 Å². The highest BCUT2D eigenvalue weighted by molar-refractivity contribution is 5.89. The summed E-state index contributed by atoms with van der Waals surface area (Å²) in [5.41, 5.74) is 2.01. The number of nitrogens with zero attached hydrogens (tertiary/aromatic N) is 1. The summed E-state index contributed by atoms with van der Waals surface area (Å²) in [5.74, 6) is 0.418. The molecule has 1 fully saturated rings. The second-order valence-electron chi connectivity index (χ2n) is 7.15. The predicted octanol–water partition coefficient (Wildman–Crippen LogP) is 3.14. The second-order valence-corrected chi connectivity index (χ2v) is 7.15. The molecule has 1 N–H and O–H groups in total. The Morgan fingerprint density at radius 2 is 1.85 bits per heavy atom. The van der Waals surface area contributed by atoms with Crippen LogP contribution in [-0.2, 0) is 22.7 Å². The number of amides is 2. The van der Waals surface area contributed by atoms with Gasteiger partial charge < -0.3 is 15.0 Å². The average molecular weight is 366 g/mol. The molecule has 1 heterocycles. The molecular weight excluding hydrogens is 340 g/mol. The number of carbonyl (C=O) groups excluding carboxylic acids is 2. The van der Waals surface area contributed by atoms with Gasteiger partial charge in [0.05, 0.1) is 12.0 Å². The van der Waals surface area contributed by atoms with E-state index in [0.29, 0.717) is 19.6 Å². The van der Waals surface area contributed by atoms with Crippen LogP contribution in [-0.4, -0.2) is 29.4 Å². The number of para-hydroxylation sites is 1. The molecule has 142 valence electrons. The Bertz CT molecular complexity index is 789. The molecule has 1 aliphatic rings. The fourth-order valence-electron chi connectivity index (χ4n) is 3.25. The van der Waals surface area contributed by atoms with E-state index >= 15 is 0 Å². The summed E-state index contributed by atoms with van der Waals surface area (Å²) in [6.45, 7) is 5.35. The van der Waals surface area contributed by atoms with Crippen molar-refractivity contribution in [3.05, 3.63) is 65.7 Å².